The molecule has 0 bridgehead atoms. The Morgan fingerprint density at radius 2 is 1.77 bits per heavy atom. The zero-order chi connectivity index (χ0) is 22.1. The van der Waals surface area contributed by atoms with Gasteiger partial charge in [-0.1, -0.05) is 17.3 Å². The SMILES string of the molecule is C=Nc1nc(-c2cccc(C(=O)Nc3cc(S(O)(O)O)cc(S(=O)(=O)O)c3)c2)no1. The van der Waals surface area contributed by atoms with E-state index >= 15 is 0 Å². The van der Waals surface area contributed by atoms with Crippen LogP contribution in [0.3, 0.4) is 0 Å². The summed E-state index contributed by atoms with van der Waals surface area (Å²) in [5.74, 6) is -0.563. The van der Waals surface area contributed by atoms with E-state index in [0.29, 0.717) is 11.6 Å². The van der Waals surface area contributed by atoms with Crippen LogP contribution in [-0.4, -0.2) is 49.4 Å². The van der Waals surface area contributed by atoms with Gasteiger partial charge in [0.2, 0.25) is 5.82 Å². The van der Waals surface area contributed by atoms with E-state index in [9.17, 15) is 31.4 Å². The van der Waals surface area contributed by atoms with Gasteiger partial charge in [0.05, 0.1) is 9.79 Å². The smallest absolute Gasteiger partial charge is 0.322 e. The van der Waals surface area contributed by atoms with Gasteiger partial charge in [0.15, 0.2) is 0 Å². The Hall–Kier alpha value is -3.14. The van der Waals surface area contributed by atoms with E-state index in [1.807, 2.05) is 0 Å². The van der Waals surface area contributed by atoms with Gasteiger partial charge in [0.25, 0.3) is 16.0 Å². The highest BCUT2D eigenvalue weighted by Gasteiger charge is 2.22. The maximum Gasteiger partial charge on any atom is 0.347 e. The molecule has 0 saturated heterocycles. The molecular weight excluding hydrogens is 440 g/mol. The molecule has 0 spiro atoms. The molecule has 3 rings (SSSR count). The van der Waals surface area contributed by atoms with Gasteiger partial charge in [0.1, 0.15) is 10.9 Å². The zero-order valence-electron chi connectivity index (χ0n) is 14.8. The van der Waals surface area contributed by atoms with Crippen LogP contribution in [0.1, 0.15) is 10.4 Å². The average Bonchev–Trinajstić information content (AvgIpc) is 3.16. The van der Waals surface area contributed by atoms with E-state index in [2.05, 4.69) is 27.2 Å². The molecule has 0 atom stereocenters. The summed E-state index contributed by atoms with van der Waals surface area (Å²) in [5.41, 5.74) is 0.306. The maximum atomic E-state index is 12.6. The predicted octanol–water partition coefficient (Wildman–Crippen LogP) is 3.15. The van der Waals surface area contributed by atoms with E-state index in [4.69, 9.17) is 4.52 Å². The Morgan fingerprint density at radius 1 is 1.07 bits per heavy atom. The number of carbonyl (C=O) groups excluding carboxylic acids is 1. The second-order valence-corrected chi connectivity index (χ2v) is 8.71. The molecule has 12 nitrogen and oxygen atoms in total. The van der Waals surface area contributed by atoms with Crippen molar-refractivity contribution in [1.29, 1.82) is 0 Å². The van der Waals surface area contributed by atoms with Crippen molar-refractivity contribution in [3.05, 3.63) is 48.0 Å². The fourth-order valence-electron chi connectivity index (χ4n) is 2.35. The quantitative estimate of drug-likeness (QED) is 0.272. The van der Waals surface area contributed by atoms with Crippen LogP contribution in [0.25, 0.3) is 11.4 Å². The lowest BCUT2D eigenvalue weighted by Gasteiger charge is -2.20. The normalized spacial score (nSPS) is 12.4. The van der Waals surface area contributed by atoms with E-state index in [1.54, 1.807) is 6.07 Å². The molecule has 1 aromatic heterocycles. The van der Waals surface area contributed by atoms with Crippen molar-refractivity contribution in [2.24, 2.45) is 4.99 Å². The number of hydrogen-bond acceptors (Lipinski definition) is 10. The number of carbonyl (C=O) groups is 1. The number of rotatable bonds is 6. The van der Waals surface area contributed by atoms with Gasteiger partial charge in [-0.25, -0.2) is 4.99 Å². The topological polar surface area (TPSA) is 195 Å². The largest absolute Gasteiger partial charge is 0.347 e. The Bertz CT molecular complexity index is 1230. The van der Waals surface area contributed by atoms with Crippen LogP contribution in [0.4, 0.5) is 11.7 Å². The van der Waals surface area contributed by atoms with Gasteiger partial charge in [-0.15, -0.1) is 0 Å². The summed E-state index contributed by atoms with van der Waals surface area (Å²) in [6.07, 6.45) is 0. The summed E-state index contributed by atoms with van der Waals surface area (Å²) < 4.78 is 65.1. The van der Waals surface area contributed by atoms with Crippen molar-refractivity contribution in [2.75, 3.05) is 5.32 Å². The molecule has 3 aromatic rings. The van der Waals surface area contributed by atoms with Crippen molar-refractivity contribution >= 4 is 45.3 Å². The molecule has 14 heteroatoms. The first-order chi connectivity index (χ1) is 14.0. The second kappa shape index (κ2) is 7.94. The Balaban J connectivity index is 1.94. The van der Waals surface area contributed by atoms with Crippen LogP contribution in [0.5, 0.6) is 0 Å². The van der Waals surface area contributed by atoms with E-state index in [1.165, 1.54) is 18.2 Å². The highest BCUT2D eigenvalue weighted by molar-refractivity contribution is 8.19. The number of nitrogens with one attached hydrogen (secondary N) is 1. The maximum absolute atomic E-state index is 12.6. The minimum absolute atomic E-state index is 0.0580. The van der Waals surface area contributed by atoms with E-state index in [0.717, 1.165) is 12.1 Å². The summed E-state index contributed by atoms with van der Waals surface area (Å²) >= 11 is 0. The zero-order valence-corrected chi connectivity index (χ0v) is 16.5. The molecule has 0 aliphatic rings. The van der Waals surface area contributed by atoms with Crippen molar-refractivity contribution in [3.63, 3.8) is 0 Å². The molecule has 1 amide bonds. The predicted molar refractivity (Wildman–Crippen MR) is 107 cm³/mol. The van der Waals surface area contributed by atoms with Crippen molar-refractivity contribution < 1.29 is 35.9 Å². The molecule has 1 heterocycles. The second-order valence-electron chi connectivity index (χ2n) is 5.78. The minimum Gasteiger partial charge on any atom is -0.322 e. The molecule has 0 unspecified atom stereocenters. The van der Waals surface area contributed by atoms with Crippen LogP contribution < -0.4 is 5.32 Å². The van der Waals surface area contributed by atoms with Crippen molar-refractivity contribution in [3.8, 4) is 11.4 Å². The molecule has 5 N–H and O–H groups in total. The molecule has 2 aromatic carbocycles. The van der Waals surface area contributed by atoms with Crippen LogP contribution in [0, 0.1) is 0 Å². The molecule has 0 aliphatic carbocycles. The van der Waals surface area contributed by atoms with Crippen molar-refractivity contribution in [1.82, 2.24) is 10.1 Å². The summed E-state index contributed by atoms with van der Waals surface area (Å²) in [6.45, 7) is 3.26. The number of hydrogen-bond donors (Lipinski definition) is 5. The van der Waals surface area contributed by atoms with E-state index in [-0.39, 0.29) is 23.1 Å². The molecule has 0 saturated carbocycles. The molecule has 0 aliphatic heterocycles. The number of amides is 1. The van der Waals surface area contributed by atoms with Gasteiger partial charge in [0, 0.05) is 16.8 Å². The molecule has 30 heavy (non-hydrogen) atoms. The number of benzene rings is 2. The Morgan fingerprint density at radius 3 is 2.37 bits per heavy atom. The molecule has 0 fully saturated rings. The highest BCUT2D eigenvalue weighted by Crippen LogP contribution is 2.45. The van der Waals surface area contributed by atoms with Gasteiger partial charge < -0.3 is 23.5 Å². The third kappa shape index (κ3) is 4.88. The van der Waals surface area contributed by atoms with Crippen LogP contribution >= 0.6 is 10.9 Å². The molecule has 0 radical (unpaired) electrons. The monoisotopic (exact) mass is 454 g/mol. The standard InChI is InChI=1S/C16H14N4O8S2/c1-17-16-19-14(20-28-16)9-3-2-4-10(5-9)15(21)18-11-6-12(29(22,23)24)8-13(7-11)30(25,26)27/h2-8,22-24H,1H2,(H,18,21)(H,25,26,27). The highest BCUT2D eigenvalue weighted by atomic mass is 32.3. The van der Waals surface area contributed by atoms with Crippen molar-refractivity contribution in [2.45, 2.75) is 9.79 Å². The summed E-state index contributed by atoms with van der Waals surface area (Å²) in [6, 6.07) is 8.44. The van der Waals surface area contributed by atoms with Gasteiger partial charge >= 0.3 is 6.01 Å². The van der Waals surface area contributed by atoms with Gasteiger partial charge in [-0.2, -0.15) is 13.4 Å². The van der Waals surface area contributed by atoms with Crippen LogP contribution in [0.2, 0.25) is 0 Å². The molecular formula is C16H14N4O8S2. The summed E-state index contributed by atoms with van der Waals surface area (Å²) in [5, 5.41) is 6.04. The van der Waals surface area contributed by atoms with E-state index < -0.39 is 36.7 Å². The summed E-state index contributed by atoms with van der Waals surface area (Å²) in [7, 11) is -9.08. The first-order valence-corrected chi connectivity index (χ1v) is 10.8. The van der Waals surface area contributed by atoms with Crippen LogP contribution in [-0.2, 0) is 10.1 Å². The lowest BCUT2D eigenvalue weighted by atomic mass is 10.1. The third-order valence-electron chi connectivity index (χ3n) is 3.69. The lowest BCUT2D eigenvalue weighted by molar-refractivity contribution is 0.102. The Labute approximate surface area is 171 Å². The summed E-state index contributed by atoms with van der Waals surface area (Å²) in [4.78, 5) is 18.7. The number of aromatic nitrogens is 2. The first-order valence-electron chi connectivity index (χ1n) is 7.83. The van der Waals surface area contributed by atoms with Crippen LogP contribution in [0.15, 0.2) is 61.8 Å². The average molecular weight is 454 g/mol. The number of aliphatic imine (C=N–C) groups is 1. The number of nitrogens with zero attached hydrogens (tertiary/aromatic N) is 3. The first kappa shape index (κ1) is 21.6. The third-order valence-corrected chi connectivity index (χ3v) is 5.39. The lowest BCUT2D eigenvalue weighted by Crippen LogP contribution is -2.13. The number of anilines is 1. The fraction of sp³-hybridized carbons (Fsp3) is 0. The van der Waals surface area contributed by atoms with Gasteiger partial charge in [-0.3, -0.25) is 9.35 Å². The molecule has 158 valence electrons. The Kier molecular flexibility index (Phi) is 5.71. The fourth-order valence-corrected chi connectivity index (χ4v) is 3.55. The minimum atomic E-state index is -4.76. The van der Waals surface area contributed by atoms with Gasteiger partial charge in [-0.05, 0) is 37.0 Å².